The minimum atomic E-state index is -0.448. The maximum Gasteiger partial charge on any atom is 0.263 e. The summed E-state index contributed by atoms with van der Waals surface area (Å²) in [5, 5.41) is 2.57. The number of nitrogens with two attached hydrogens (primary N) is 1. The summed E-state index contributed by atoms with van der Waals surface area (Å²) in [5.41, 5.74) is 10.3. The van der Waals surface area contributed by atoms with Gasteiger partial charge in [0.2, 0.25) is 5.91 Å². The van der Waals surface area contributed by atoms with Crippen LogP contribution in [0.1, 0.15) is 17.5 Å². The van der Waals surface area contributed by atoms with Gasteiger partial charge in [0.1, 0.15) is 10.7 Å². The van der Waals surface area contributed by atoms with E-state index in [0.29, 0.717) is 16.0 Å². The third-order valence-electron chi connectivity index (χ3n) is 5.13. The quantitative estimate of drug-likeness (QED) is 0.540. The molecule has 146 valence electrons. The maximum atomic E-state index is 13.5. The minimum absolute atomic E-state index is 0.0794. The van der Waals surface area contributed by atoms with E-state index < -0.39 is 5.91 Å². The lowest BCUT2D eigenvalue weighted by molar-refractivity contribution is -0.118. The van der Waals surface area contributed by atoms with Gasteiger partial charge in [-0.3, -0.25) is 14.2 Å². The number of carbonyl (C=O) groups excluding carboxylic acids is 1. The highest BCUT2D eigenvalue weighted by Gasteiger charge is 2.18. The molecule has 2 aromatic carbocycles. The van der Waals surface area contributed by atoms with Gasteiger partial charge in [-0.1, -0.05) is 48.5 Å². The van der Waals surface area contributed by atoms with Gasteiger partial charge in [0.15, 0.2) is 0 Å². The summed E-state index contributed by atoms with van der Waals surface area (Å²) in [5.74, 6) is 0.105. The Morgan fingerprint density at radius 3 is 2.52 bits per heavy atom. The molecule has 29 heavy (non-hydrogen) atoms. The van der Waals surface area contributed by atoms with E-state index in [1.165, 1.54) is 22.5 Å². The summed E-state index contributed by atoms with van der Waals surface area (Å²) >= 11 is 1.46. The zero-order chi connectivity index (χ0) is 20.5. The second-order valence-electron chi connectivity index (χ2n) is 7.10. The molecule has 1 amide bonds. The van der Waals surface area contributed by atoms with Crippen molar-refractivity contribution in [1.29, 1.82) is 0 Å². The second-order valence-corrected chi connectivity index (χ2v) is 7.96. The van der Waals surface area contributed by atoms with E-state index in [0.717, 1.165) is 16.7 Å². The van der Waals surface area contributed by atoms with E-state index in [-0.39, 0.29) is 18.5 Å². The lowest BCUT2D eigenvalue weighted by atomic mass is 10.0. The molecule has 4 rings (SSSR count). The van der Waals surface area contributed by atoms with Crippen molar-refractivity contribution in [3.63, 3.8) is 0 Å². The number of hydrogen-bond acceptors (Lipinski definition) is 4. The van der Waals surface area contributed by atoms with Crippen molar-refractivity contribution < 1.29 is 4.79 Å². The van der Waals surface area contributed by atoms with Crippen LogP contribution < -0.4 is 11.3 Å². The molecule has 0 aliphatic carbocycles. The molecule has 2 aromatic heterocycles. The molecule has 0 saturated heterocycles. The number of thiophene rings is 1. The fraction of sp³-hybridized carbons (Fsp3) is 0.174. The molecule has 0 fully saturated rings. The Hall–Kier alpha value is -3.25. The number of aryl methyl sites for hydroxylation is 2. The van der Waals surface area contributed by atoms with Gasteiger partial charge in [0.05, 0.1) is 5.39 Å². The molecule has 0 aliphatic rings. The summed E-state index contributed by atoms with van der Waals surface area (Å²) in [6.07, 6.45) is 0.0794. The Morgan fingerprint density at radius 1 is 1.07 bits per heavy atom. The fourth-order valence-electron chi connectivity index (χ4n) is 3.38. The van der Waals surface area contributed by atoms with E-state index in [1.54, 1.807) is 4.57 Å². The molecule has 0 radical (unpaired) electrons. The van der Waals surface area contributed by atoms with E-state index in [2.05, 4.69) is 26.0 Å². The molecule has 0 saturated carbocycles. The van der Waals surface area contributed by atoms with Gasteiger partial charge >= 0.3 is 0 Å². The third kappa shape index (κ3) is 3.59. The topological polar surface area (TPSA) is 78.0 Å². The monoisotopic (exact) mass is 403 g/mol. The van der Waals surface area contributed by atoms with Gasteiger partial charge in [0, 0.05) is 29.5 Å². The summed E-state index contributed by atoms with van der Waals surface area (Å²) in [6.45, 7) is 4.32. The van der Waals surface area contributed by atoms with E-state index in [4.69, 9.17) is 10.7 Å². The second kappa shape index (κ2) is 7.64. The minimum Gasteiger partial charge on any atom is -0.370 e. The predicted molar refractivity (Wildman–Crippen MR) is 118 cm³/mol. The van der Waals surface area contributed by atoms with Crippen LogP contribution in [0.2, 0.25) is 0 Å². The zero-order valence-corrected chi connectivity index (χ0v) is 17.1. The summed E-state index contributed by atoms with van der Waals surface area (Å²) in [7, 11) is 0. The van der Waals surface area contributed by atoms with Crippen LogP contribution in [0.5, 0.6) is 0 Å². The van der Waals surface area contributed by atoms with Crippen LogP contribution >= 0.6 is 11.3 Å². The molecule has 0 bridgehead atoms. The van der Waals surface area contributed by atoms with Crippen molar-refractivity contribution in [3.05, 3.63) is 75.4 Å². The molecule has 0 aliphatic heterocycles. The highest BCUT2D eigenvalue weighted by Crippen LogP contribution is 2.33. The Kier molecular flexibility index (Phi) is 5.03. The largest absolute Gasteiger partial charge is 0.370 e. The normalized spacial score (nSPS) is 11.1. The van der Waals surface area contributed by atoms with E-state index >= 15 is 0 Å². The van der Waals surface area contributed by atoms with Crippen LogP contribution in [-0.2, 0) is 11.3 Å². The molecular formula is C23H21N3O2S. The number of benzene rings is 2. The first-order valence-electron chi connectivity index (χ1n) is 9.39. The first kappa shape index (κ1) is 19.1. The summed E-state index contributed by atoms with van der Waals surface area (Å²) in [6, 6.07) is 15.7. The molecule has 4 aromatic rings. The van der Waals surface area contributed by atoms with Gasteiger partial charge in [0.25, 0.3) is 5.56 Å². The molecule has 5 nitrogen and oxygen atoms in total. The average molecular weight is 404 g/mol. The Labute approximate surface area is 172 Å². The zero-order valence-electron chi connectivity index (χ0n) is 16.3. The van der Waals surface area contributed by atoms with Crippen LogP contribution in [0.25, 0.3) is 32.7 Å². The van der Waals surface area contributed by atoms with Crippen LogP contribution in [0.15, 0.2) is 58.7 Å². The van der Waals surface area contributed by atoms with Crippen molar-refractivity contribution in [2.75, 3.05) is 0 Å². The predicted octanol–water partition coefficient (Wildman–Crippen LogP) is 4.28. The first-order chi connectivity index (χ1) is 14.0. The lowest BCUT2D eigenvalue weighted by Crippen LogP contribution is -2.26. The highest BCUT2D eigenvalue weighted by atomic mass is 32.1. The molecule has 2 N–H and O–H groups in total. The standard InChI is InChI=1S/C23H21N3O2S/c1-14-8-9-17(12-15(14)2)18-13-29-22-20(18)23(28)26(11-10-19(24)27)21(25-22)16-6-4-3-5-7-16/h3-9,12-13H,10-11H2,1-2H3,(H2,24,27). The Morgan fingerprint density at radius 2 is 1.83 bits per heavy atom. The first-order valence-corrected chi connectivity index (χ1v) is 10.3. The van der Waals surface area contributed by atoms with Crippen molar-refractivity contribution >= 4 is 27.5 Å². The van der Waals surface area contributed by atoms with Gasteiger partial charge in [-0.15, -0.1) is 11.3 Å². The average Bonchev–Trinajstić information content (AvgIpc) is 3.14. The summed E-state index contributed by atoms with van der Waals surface area (Å²) < 4.78 is 1.57. The van der Waals surface area contributed by atoms with E-state index in [9.17, 15) is 9.59 Å². The molecule has 2 heterocycles. The number of aromatic nitrogens is 2. The maximum absolute atomic E-state index is 13.5. The number of rotatable bonds is 5. The Balaban J connectivity index is 1.97. The van der Waals surface area contributed by atoms with Gasteiger partial charge in [-0.25, -0.2) is 4.98 Å². The summed E-state index contributed by atoms with van der Waals surface area (Å²) in [4.78, 5) is 30.4. The highest BCUT2D eigenvalue weighted by molar-refractivity contribution is 7.17. The molecule has 0 spiro atoms. The van der Waals surface area contributed by atoms with E-state index in [1.807, 2.05) is 41.8 Å². The molecule has 6 heteroatoms. The SMILES string of the molecule is Cc1ccc(-c2csc3nc(-c4ccccc4)n(CCC(N)=O)c(=O)c23)cc1C. The fourth-order valence-corrected chi connectivity index (χ4v) is 4.32. The molecule has 0 atom stereocenters. The number of fused-ring (bicyclic) bond motifs is 1. The van der Waals surface area contributed by atoms with Crippen LogP contribution in [0.4, 0.5) is 0 Å². The molecule has 0 unspecified atom stereocenters. The van der Waals surface area contributed by atoms with Crippen LogP contribution in [0.3, 0.4) is 0 Å². The van der Waals surface area contributed by atoms with Crippen molar-refractivity contribution in [3.8, 4) is 22.5 Å². The number of primary amides is 1. The van der Waals surface area contributed by atoms with Crippen LogP contribution in [0, 0.1) is 13.8 Å². The van der Waals surface area contributed by atoms with Crippen molar-refractivity contribution in [1.82, 2.24) is 9.55 Å². The lowest BCUT2D eigenvalue weighted by Gasteiger charge is -2.12. The van der Waals surface area contributed by atoms with Gasteiger partial charge < -0.3 is 5.73 Å². The van der Waals surface area contributed by atoms with Crippen LogP contribution in [-0.4, -0.2) is 15.5 Å². The third-order valence-corrected chi connectivity index (χ3v) is 6.00. The number of nitrogens with zero attached hydrogens (tertiary/aromatic N) is 2. The Bertz CT molecular complexity index is 1270. The smallest absolute Gasteiger partial charge is 0.263 e. The van der Waals surface area contributed by atoms with Gasteiger partial charge in [-0.05, 0) is 30.5 Å². The van der Waals surface area contributed by atoms with Crippen molar-refractivity contribution in [2.24, 2.45) is 5.73 Å². The molecular weight excluding hydrogens is 382 g/mol. The van der Waals surface area contributed by atoms with Gasteiger partial charge in [-0.2, -0.15) is 0 Å². The number of amides is 1. The number of hydrogen-bond donors (Lipinski definition) is 1. The van der Waals surface area contributed by atoms with Crippen molar-refractivity contribution in [2.45, 2.75) is 26.8 Å². The number of carbonyl (C=O) groups is 1.